The van der Waals surface area contributed by atoms with Gasteiger partial charge in [-0.3, -0.25) is 9.59 Å². The van der Waals surface area contributed by atoms with Crippen LogP contribution in [0, 0.1) is 11.8 Å². The highest BCUT2D eigenvalue weighted by atomic mass is 32.2. The molecule has 3 aliphatic rings. The van der Waals surface area contributed by atoms with E-state index in [1.165, 1.54) is 11.2 Å². The van der Waals surface area contributed by atoms with Gasteiger partial charge in [-0.2, -0.15) is 4.31 Å². The Bertz CT molecular complexity index is 977. The number of likely N-dealkylation sites (tertiary alicyclic amines) is 1. The smallest absolute Gasteiger partial charge is 0.243 e. The van der Waals surface area contributed by atoms with Gasteiger partial charge in [-0.1, -0.05) is 6.92 Å². The third-order valence-corrected chi connectivity index (χ3v) is 8.81. The van der Waals surface area contributed by atoms with Crippen molar-refractivity contribution >= 4 is 27.5 Å². The van der Waals surface area contributed by atoms with E-state index in [1.54, 1.807) is 23.1 Å². The van der Waals surface area contributed by atoms with Gasteiger partial charge in [0.2, 0.25) is 21.8 Å². The molecule has 0 aliphatic carbocycles. The molecule has 0 bridgehead atoms. The molecule has 4 rings (SSSR count). The summed E-state index contributed by atoms with van der Waals surface area (Å²) in [6.45, 7) is 7.91. The summed E-state index contributed by atoms with van der Waals surface area (Å²) in [6.07, 6.45) is 4.25. The number of carbonyl (C=O) groups excluding carboxylic acids is 2. The number of carbonyl (C=O) groups is 2. The standard InChI is InChI=1S/C23H33N3O4S/c1-16-6-4-10-24(14-16)23(28)19-7-5-11-25(15-19)31(29,30)21-8-9-22-20(13-21)12-17(2)26(22)18(3)27/h8-9,13,16-17,19H,4-7,10-12,14-15H2,1-3H3/t16-,17+,19+/m1/s1. The summed E-state index contributed by atoms with van der Waals surface area (Å²) in [5.74, 6) is 0.304. The van der Waals surface area contributed by atoms with Crippen molar-refractivity contribution in [2.24, 2.45) is 11.8 Å². The number of anilines is 1. The van der Waals surface area contributed by atoms with E-state index in [9.17, 15) is 18.0 Å². The monoisotopic (exact) mass is 447 g/mol. The van der Waals surface area contributed by atoms with E-state index in [-0.39, 0.29) is 35.2 Å². The molecule has 2 amide bonds. The summed E-state index contributed by atoms with van der Waals surface area (Å²) >= 11 is 0. The lowest BCUT2D eigenvalue weighted by Crippen LogP contribution is -2.48. The first-order valence-electron chi connectivity index (χ1n) is 11.4. The maximum Gasteiger partial charge on any atom is 0.243 e. The molecule has 1 aromatic rings. The number of rotatable bonds is 3. The minimum Gasteiger partial charge on any atom is -0.342 e. The molecule has 0 spiro atoms. The van der Waals surface area contributed by atoms with Crippen molar-refractivity contribution in [2.75, 3.05) is 31.1 Å². The summed E-state index contributed by atoms with van der Waals surface area (Å²) in [7, 11) is -3.69. The highest BCUT2D eigenvalue weighted by Gasteiger charge is 2.37. The predicted octanol–water partition coefficient (Wildman–Crippen LogP) is 2.64. The fraction of sp³-hybridized carbons (Fsp3) is 0.652. The Morgan fingerprint density at radius 3 is 2.48 bits per heavy atom. The molecule has 3 atom stereocenters. The van der Waals surface area contributed by atoms with Crippen molar-refractivity contribution < 1.29 is 18.0 Å². The lowest BCUT2D eigenvalue weighted by molar-refractivity contribution is -0.138. The van der Waals surface area contributed by atoms with E-state index >= 15 is 0 Å². The molecule has 2 fully saturated rings. The van der Waals surface area contributed by atoms with E-state index < -0.39 is 10.0 Å². The van der Waals surface area contributed by atoms with Crippen LogP contribution in [0.25, 0.3) is 0 Å². The SMILES string of the molecule is CC(=O)N1c2ccc(S(=O)(=O)N3CCC[C@H](C(=O)N4CCC[C@@H](C)C4)C3)cc2C[C@@H]1C. The Morgan fingerprint density at radius 2 is 1.77 bits per heavy atom. The molecule has 2 saturated heterocycles. The van der Waals surface area contributed by atoms with Crippen molar-refractivity contribution in [3.05, 3.63) is 23.8 Å². The van der Waals surface area contributed by atoms with Gasteiger partial charge in [0.05, 0.1) is 10.8 Å². The van der Waals surface area contributed by atoms with E-state index in [4.69, 9.17) is 0 Å². The van der Waals surface area contributed by atoms with Crippen LogP contribution < -0.4 is 4.90 Å². The summed E-state index contributed by atoms with van der Waals surface area (Å²) < 4.78 is 28.3. The highest BCUT2D eigenvalue weighted by molar-refractivity contribution is 7.89. The van der Waals surface area contributed by atoms with Gasteiger partial charge in [0.15, 0.2) is 0 Å². The van der Waals surface area contributed by atoms with E-state index in [1.807, 2.05) is 11.8 Å². The van der Waals surface area contributed by atoms with Crippen LogP contribution in [0.5, 0.6) is 0 Å². The van der Waals surface area contributed by atoms with Gasteiger partial charge >= 0.3 is 0 Å². The zero-order chi connectivity index (χ0) is 22.3. The summed E-state index contributed by atoms with van der Waals surface area (Å²) in [4.78, 5) is 28.9. The van der Waals surface area contributed by atoms with E-state index in [0.717, 1.165) is 43.6 Å². The molecule has 0 unspecified atom stereocenters. The number of benzene rings is 1. The molecule has 0 saturated carbocycles. The number of nitrogens with zero attached hydrogens (tertiary/aromatic N) is 3. The van der Waals surface area contributed by atoms with Crippen LogP contribution in [0.3, 0.4) is 0 Å². The quantitative estimate of drug-likeness (QED) is 0.714. The maximum atomic E-state index is 13.4. The number of piperidine rings is 2. The minimum absolute atomic E-state index is 0.0226. The number of amides is 2. The third kappa shape index (κ3) is 4.24. The minimum atomic E-state index is -3.69. The number of sulfonamides is 1. The molecule has 0 aromatic heterocycles. The molecule has 3 heterocycles. The Kier molecular flexibility index (Phi) is 6.14. The number of hydrogen-bond acceptors (Lipinski definition) is 4. The normalized spacial score (nSPS) is 27.3. The van der Waals surface area contributed by atoms with Gasteiger partial charge in [-0.05, 0) is 68.7 Å². The first-order chi connectivity index (χ1) is 14.7. The van der Waals surface area contributed by atoms with Gasteiger partial charge in [-0.15, -0.1) is 0 Å². The Balaban J connectivity index is 1.52. The fourth-order valence-electron chi connectivity index (χ4n) is 5.41. The molecule has 8 heteroatoms. The van der Waals surface area contributed by atoms with Gasteiger partial charge in [0, 0.05) is 44.8 Å². The molecule has 1 aromatic carbocycles. The van der Waals surface area contributed by atoms with Gasteiger partial charge in [0.25, 0.3) is 0 Å². The van der Waals surface area contributed by atoms with Crippen LogP contribution >= 0.6 is 0 Å². The zero-order valence-electron chi connectivity index (χ0n) is 18.7. The van der Waals surface area contributed by atoms with E-state index in [2.05, 4.69) is 6.92 Å². The first-order valence-corrected chi connectivity index (χ1v) is 12.8. The molecule has 3 aliphatic heterocycles. The summed E-state index contributed by atoms with van der Waals surface area (Å²) in [5.41, 5.74) is 1.68. The van der Waals surface area contributed by atoms with Crippen molar-refractivity contribution in [3.63, 3.8) is 0 Å². The lowest BCUT2D eigenvalue weighted by Gasteiger charge is -2.37. The molecular formula is C23H33N3O4S. The predicted molar refractivity (Wildman–Crippen MR) is 119 cm³/mol. The van der Waals surface area contributed by atoms with Gasteiger partial charge < -0.3 is 9.80 Å². The second-order valence-electron chi connectivity index (χ2n) is 9.47. The Labute approximate surface area is 185 Å². The second-order valence-corrected chi connectivity index (χ2v) is 11.4. The average Bonchev–Trinajstić information content (AvgIpc) is 3.08. The van der Waals surface area contributed by atoms with Crippen molar-refractivity contribution in [3.8, 4) is 0 Å². The molecule has 0 N–H and O–H groups in total. The lowest BCUT2D eigenvalue weighted by atomic mass is 9.94. The van der Waals surface area contributed by atoms with Crippen molar-refractivity contribution in [1.82, 2.24) is 9.21 Å². The maximum absolute atomic E-state index is 13.4. The fourth-order valence-corrected chi connectivity index (χ4v) is 6.98. The van der Waals surface area contributed by atoms with Crippen LogP contribution in [-0.2, 0) is 26.0 Å². The highest BCUT2D eigenvalue weighted by Crippen LogP contribution is 2.35. The van der Waals surface area contributed by atoms with Crippen LogP contribution in [0.1, 0.15) is 52.0 Å². The van der Waals surface area contributed by atoms with Crippen LogP contribution in [0.2, 0.25) is 0 Å². The Hall–Kier alpha value is -1.93. The summed E-state index contributed by atoms with van der Waals surface area (Å²) in [6, 6.07) is 5.07. The molecule has 7 nitrogen and oxygen atoms in total. The molecular weight excluding hydrogens is 414 g/mol. The summed E-state index contributed by atoms with van der Waals surface area (Å²) in [5, 5.41) is 0. The number of fused-ring (bicyclic) bond motifs is 1. The number of hydrogen-bond donors (Lipinski definition) is 0. The van der Waals surface area contributed by atoms with Crippen molar-refractivity contribution in [2.45, 2.75) is 63.8 Å². The largest absolute Gasteiger partial charge is 0.342 e. The second kappa shape index (κ2) is 8.54. The Morgan fingerprint density at radius 1 is 1.03 bits per heavy atom. The van der Waals surface area contributed by atoms with Gasteiger partial charge in [-0.25, -0.2) is 8.42 Å². The van der Waals surface area contributed by atoms with Gasteiger partial charge in [0.1, 0.15) is 0 Å². The van der Waals surface area contributed by atoms with Crippen LogP contribution in [0.15, 0.2) is 23.1 Å². The zero-order valence-corrected chi connectivity index (χ0v) is 19.5. The van der Waals surface area contributed by atoms with E-state index in [0.29, 0.717) is 25.3 Å². The topological polar surface area (TPSA) is 78.0 Å². The third-order valence-electron chi connectivity index (χ3n) is 6.95. The first kappa shape index (κ1) is 22.3. The van der Waals surface area contributed by atoms with Crippen molar-refractivity contribution in [1.29, 1.82) is 0 Å². The van der Waals surface area contributed by atoms with Crippen LogP contribution in [0.4, 0.5) is 5.69 Å². The molecule has 0 radical (unpaired) electrons. The molecule has 170 valence electrons. The molecule has 31 heavy (non-hydrogen) atoms. The van der Waals surface area contributed by atoms with Crippen LogP contribution in [-0.4, -0.2) is 61.7 Å². The average molecular weight is 448 g/mol.